The zero-order valence-electron chi connectivity index (χ0n) is 9.36. The summed E-state index contributed by atoms with van der Waals surface area (Å²) in [6, 6.07) is 4.95. The van der Waals surface area contributed by atoms with Gasteiger partial charge in [-0.3, -0.25) is 4.98 Å². The van der Waals surface area contributed by atoms with Crippen molar-refractivity contribution in [1.82, 2.24) is 4.98 Å². The maximum absolute atomic E-state index is 11.7. The minimum atomic E-state index is -0.446. The van der Waals surface area contributed by atoms with Crippen LogP contribution in [-0.4, -0.2) is 25.2 Å². The molecule has 0 spiro atoms. The van der Waals surface area contributed by atoms with Gasteiger partial charge in [0.25, 0.3) is 0 Å². The number of esters is 1. The molecular weight excluding hydrogens is 242 g/mol. The zero-order chi connectivity index (χ0) is 12.4. The minimum Gasteiger partial charge on any atom is -0.496 e. The maximum Gasteiger partial charge on any atom is 0.338 e. The predicted octanol–water partition coefficient (Wildman–Crippen LogP) is 2.68. The monoisotopic (exact) mass is 251 g/mol. The highest BCUT2D eigenvalue weighted by molar-refractivity contribution is 6.35. The van der Waals surface area contributed by atoms with Crippen molar-refractivity contribution in [2.24, 2.45) is 0 Å². The third kappa shape index (κ3) is 1.91. The van der Waals surface area contributed by atoms with Gasteiger partial charge in [-0.2, -0.15) is 0 Å². The van der Waals surface area contributed by atoms with Gasteiger partial charge in [0.2, 0.25) is 0 Å². The first-order valence-electron chi connectivity index (χ1n) is 4.88. The van der Waals surface area contributed by atoms with Crippen LogP contribution in [0.3, 0.4) is 0 Å². The highest BCUT2D eigenvalue weighted by Gasteiger charge is 2.16. The van der Waals surface area contributed by atoms with Gasteiger partial charge >= 0.3 is 5.97 Å². The lowest BCUT2D eigenvalue weighted by atomic mass is 10.1. The summed E-state index contributed by atoms with van der Waals surface area (Å²) in [6.45, 7) is 0. The van der Waals surface area contributed by atoms with Gasteiger partial charge in [-0.15, -0.1) is 0 Å². The van der Waals surface area contributed by atoms with Gasteiger partial charge in [0.15, 0.2) is 0 Å². The van der Waals surface area contributed by atoms with E-state index in [1.54, 1.807) is 18.2 Å². The number of pyridine rings is 1. The third-order valence-corrected chi connectivity index (χ3v) is 2.73. The Morgan fingerprint density at radius 3 is 2.71 bits per heavy atom. The molecular formula is C12H10ClNO3. The van der Waals surface area contributed by atoms with Crippen molar-refractivity contribution in [1.29, 1.82) is 0 Å². The normalized spacial score (nSPS) is 10.3. The van der Waals surface area contributed by atoms with Crippen LogP contribution in [0.5, 0.6) is 5.75 Å². The van der Waals surface area contributed by atoms with E-state index in [1.165, 1.54) is 20.4 Å². The summed E-state index contributed by atoms with van der Waals surface area (Å²) in [5.74, 6) is 0.0934. The average molecular weight is 252 g/mol. The smallest absolute Gasteiger partial charge is 0.338 e. The van der Waals surface area contributed by atoms with Crippen LogP contribution in [0, 0.1) is 0 Å². The topological polar surface area (TPSA) is 48.4 Å². The van der Waals surface area contributed by atoms with Crippen molar-refractivity contribution in [2.45, 2.75) is 0 Å². The van der Waals surface area contributed by atoms with Crippen LogP contribution >= 0.6 is 11.6 Å². The molecule has 4 nitrogen and oxygen atoms in total. The minimum absolute atomic E-state index is 0.386. The quantitative estimate of drug-likeness (QED) is 0.770. The Morgan fingerprint density at radius 2 is 2.06 bits per heavy atom. The number of aromatic nitrogens is 1. The molecule has 0 aliphatic carbocycles. The summed E-state index contributed by atoms with van der Waals surface area (Å²) in [7, 11) is 2.85. The van der Waals surface area contributed by atoms with E-state index in [0.29, 0.717) is 27.2 Å². The number of fused-ring (bicyclic) bond motifs is 1. The standard InChI is InChI=1S/C12H10ClNO3/c1-16-9-4-3-8(13)11-10(9)7(5-6-14-11)12(15)17-2/h3-6H,1-2H3. The van der Waals surface area contributed by atoms with Crippen LogP contribution in [0.4, 0.5) is 0 Å². The number of carbonyl (C=O) groups excluding carboxylic acids is 1. The Balaban J connectivity index is 2.85. The van der Waals surface area contributed by atoms with Crippen LogP contribution in [0.25, 0.3) is 10.9 Å². The number of hydrogen-bond acceptors (Lipinski definition) is 4. The molecule has 0 bridgehead atoms. The highest BCUT2D eigenvalue weighted by Crippen LogP contribution is 2.32. The van der Waals surface area contributed by atoms with E-state index in [1.807, 2.05) is 0 Å². The second-order valence-corrected chi connectivity index (χ2v) is 3.73. The fraction of sp³-hybridized carbons (Fsp3) is 0.167. The van der Waals surface area contributed by atoms with Crippen LogP contribution in [0.1, 0.15) is 10.4 Å². The summed E-state index contributed by atoms with van der Waals surface area (Å²) in [5, 5.41) is 1.03. The van der Waals surface area contributed by atoms with E-state index in [2.05, 4.69) is 4.98 Å². The maximum atomic E-state index is 11.7. The lowest BCUT2D eigenvalue weighted by molar-refractivity contribution is 0.0602. The summed E-state index contributed by atoms with van der Waals surface area (Å²) in [6.07, 6.45) is 1.51. The molecule has 0 atom stereocenters. The molecule has 0 aliphatic heterocycles. The number of benzene rings is 1. The fourth-order valence-corrected chi connectivity index (χ4v) is 1.86. The van der Waals surface area contributed by atoms with Crippen molar-refractivity contribution in [3.8, 4) is 5.75 Å². The Labute approximate surface area is 103 Å². The molecule has 88 valence electrons. The molecule has 2 rings (SSSR count). The van der Waals surface area contributed by atoms with Crippen LogP contribution < -0.4 is 4.74 Å². The van der Waals surface area contributed by atoms with Crippen LogP contribution in [0.2, 0.25) is 5.02 Å². The Bertz CT molecular complexity index is 583. The molecule has 0 aliphatic rings. The van der Waals surface area contributed by atoms with E-state index < -0.39 is 5.97 Å². The molecule has 2 aromatic rings. The molecule has 0 radical (unpaired) electrons. The number of nitrogens with zero attached hydrogens (tertiary/aromatic N) is 1. The molecule has 0 unspecified atom stereocenters. The molecule has 1 heterocycles. The van der Waals surface area contributed by atoms with E-state index >= 15 is 0 Å². The number of hydrogen-bond donors (Lipinski definition) is 0. The number of methoxy groups -OCH3 is 2. The van der Waals surface area contributed by atoms with Crippen molar-refractivity contribution < 1.29 is 14.3 Å². The summed E-state index contributed by atoms with van der Waals surface area (Å²) in [5.41, 5.74) is 0.908. The molecule has 0 saturated carbocycles. The van der Waals surface area contributed by atoms with Crippen LogP contribution in [-0.2, 0) is 4.74 Å². The Hall–Kier alpha value is -1.81. The van der Waals surface area contributed by atoms with Gasteiger partial charge in [0, 0.05) is 6.20 Å². The molecule has 0 fully saturated rings. The van der Waals surface area contributed by atoms with E-state index in [-0.39, 0.29) is 0 Å². The van der Waals surface area contributed by atoms with Crippen molar-refractivity contribution in [3.63, 3.8) is 0 Å². The predicted molar refractivity (Wildman–Crippen MR) is 64.6 cm³/mol. The number of halogens is 1. The first-order chi connectivity index (χ1) is 8.19. The molecule has 0 amide bonds. The summed E-state index contributed by atoms with van der Waals surface area (Å²) in [4.78, 5) is 15.8. The average Bonchev–Trinajstić information content (AvgIpc) is 2.38. The van der Waals surface area contributed by atoms with Crippen molar-refractivity contribution >= 4 is 28.5 Å². The molecule has 5 heteroatoms. The number of carbonyl (C=O) groups is 1. The highest BCUT2D eigenvalue weighted by atomic mass is 35.5. The summed E-state index contributed by atoms with van der Waals surface area (Å²) < 4.78 is 9.93. The molecule has 1 aromatic heterocycles. The first-order valence-corrected chi connectivity index (χ1v) is 5.26. The second-order valence-electron chi connectivity index (χ2n) is 3.32. The Kier molecular flexibility index (Phi) is 3.15. The third-order valence-electron chi connectivity index (χ3n) is 2.43. The first kappa shape index (κ1) is 11.7. The molecule has 0 saturated heterocycles. The van der Waals surface area contributed by atoms with E-state index in [4.69, 9.17) is 21.1 Å². The van der Waals surface area contributed by atoms with Crippen molar-refractivity contribution in [2.75, 3.05) is 14.2 Å². The number of rotatable bonds is 2. The zero-order valence-corrected chi connectivity index (χ0v) is 10.1. The largest absolute Gasteiger partial charge is 0.496 e. The molecule has 1 aromatic carbocycles. The van der Waals surface area contributed by atoms with Gasteiger partial charge in [0.05, 0.1) is 35.7 Å². The van der Waals surface area contributed by atoms with Gasteiger partial charge in [-0.1, -0.05) is 11.6 Å². The lowest BCUT2D eigenvalue weighted by Crippen LogP contribution is -2.03. The van der Waals surface area contributed by atoms with Crippen molar-refractivity contribution in [3.05, 3.63) is 35.0 Å². The molecule has 17 heavy (non-hydrogen) atoms. The lowest BCUT2D eigenvalue weighted by Gasteiger charge is -2.09. The van der Waals surface area contributed by atoms with E-state index in [9.17, 15) is 4.79 Å². The van der Waals surface area contributed by atoms with Crippen LogP contribution in [0.15, 0.2) is 24.4 Å². The van der Waals surface area contributed by atoms with E-state index in [0.717, 1.165) is 0 Å². The second kappa shape index (κ2) is 4.59. The number of ether oxygens (including phenoxy) is 2. The fourth-order valence-electron chi connectivity index (χ4n) is 1.65. The van der Waals surface area contributed by atoms with Gasteiger partial charge in [0.1, 0.15) is 5.75 Å². The van der Waals surface area contributed by atoms with Gasteiger partial charge < -0.3 is 9.47 Å². The SMILES string of the molecule is COC(=O)c1ccnc2c(Cl)ccc(OC)c12. The molecule has 0 N–H and O–H groups in total. The Morgan fingerprint density at radius 1 is 1.29 bits per heavy atom. The van der Waals surface area contributed by atoms with Gasteiger partial charge in [-0.05, 0) is 18.2 Å². The van der Waals surface area contributed by atoms with Gasteiger partial charge in [-0.25, -0.2) is 4.79 Å². The summed E-state index contributed by atoms with van der Waals surface area (Å²) >= 11 is 6.04.